The smallest absolute Gasteiger partial charge is 0.406 e. The van der Waals surface area contributed by atoms with E-state index in [-0.39, 0.29) is 12.4 Å². The SMILES string of the molecule is O=C(COc1cccnc1[N+](=O)[O-])Nc1ccc2c(c1)OCCO2. The van der Waals surface area contributed by atoms with E-state index in [1.54, 1.807) is 18.2 Å². The largest absolute Gasteiger partial charge is 0.486 e. The van der Waals surface area contributed by atoms with Crippen LogP contribution in [0.2, 0.25) is 0 Å². The Morgan fingerprint density at radius 3 is 2.88 bits per heavy atom. The molecule has 1 aliphatic heterocycles. The number of nitrogens with one attached hydrogen (secondary N) is 1. The molecule has 0 fully saturated rings. The number of ether oxygens (including phenoxy) is 3. The van der Waals surface area contributed by atoms with E-state index in [0.29, 0.717) is 30.4 Å². The van der Waals surface area contributed by atoms with E-state index in [9.17, 15) is 14.9 Å². The number of pyridine rings is 1. The van der Waals surface area contributed by atoms with Gasteiger partial charge in [-0.3, -0.25) is 4.79 Å². The first kappa shape index (κ1) is 15.5. The molecule has 3 rings (SSSR count). The second kappa shape index (κ2) is 6.82. The van der Waals surface area contributed by atoms with Crippen LogP contribution >= 0.6 is 0 Å². The molecule has 0 radical (unpaired) electrons. The van der Waals surface area contributed by atoms with Crippen molar-refractivity contribution in [3.63, 3.8) is 0 Å². The third kappa shape index (κ3) is 3.51. The Morgan fingerprint density at radius 1 is 1.29 bits per heavy atom. The van der Waals surface area contributed by atoms with Gasteiger partial charge in [-0.05, 0) is 34.2 Å². The molecule has 9 nitrogen and oxygen atoms in total. The maximum Gasteiger partial charge on any atom is 0.406 e. The Kier molecular flexibility index (Phi) is 4.41. The lowest BCUT2D eigenvalue weighted by molar-refractivity contribution is -0.390. The van der Waals surface area contributed by atoms with Gasteiger partial charge < -0.3 is 29.6 Å². The van der Waals surface area contributed by atoms with Gasteiger partial charge in [0.2, 0.25) is 5.75 Å². The van der Waals surface area contributed by atoms with E-state index < -0.39 is 16.6 Å². The molecule has 24 heavy (non-hydrogen) atoms. The first-order valence-corrected chi connectivity index (χ1v) is 7.05. The fourth-order valence-corrected chi connectivity index (χ4v) is 2.09. The molecule has 1 aromatic heterocycles. The van der Waals surface area contributed by atoms with E-state index in [2.05, 4.69) is 10.3 Å². The third-order valence-electron chi connectivity index (χ3n) is 3.11. The molecule has 124 valence electrons. The number of carbonyl (C=O) groups is 1. The summed E-state index contributed by atoms with van der Waals surface area (Å²) in [5, 5.41) is 13.5. The normalized spacial score (nSPS) is 12.3. The van der Waals surface area contributed by atoms with Crippen LogP contribution in [0.3, 0.4) is 0 Å². The van der Waals surface area contributed by atoms with Crippen LogP contribution < -0.4 is 19.5 Å². The van der Waals surface area contributed by atoms with Crippen LogP contribution in [0.4, 0.5) is 11.5 Å². The van der Waals surface area contributed by atoms with E-state index in [1.807, 2.05) is 0 Å². The summed E-state index contributed by atoms with van der Waals surface area (Å²) >= 11 is 0. The molecule has 1 aromatic carbocycles. The number of fused-ring (bicyclic) bond motifs is 1. The number of hydrogen-bond donors (Lipinski definition) is 1. The quantitative estimate of drug-likeness (QED) is 0.656. The molecule has 0 aliphatic carbocycles. The summed E-state index contributed by atoms with van der Waals surface area (Å²) in [6, 6.07) is 7.86. The zero-order valence-electron chi connectivity index (χ0n) is 12.4. The average molecular weight is 331 g/mol. The van der Waals surface area contributed by atoms with Crippen LogP contribution in [-0.4, -0.2) is 35.6 Å². The van der Waals surface area contributed by atoms with Crippen LogP contribution in [0.25, 0.3) is 0 Å². The summed E-state index contributed by atoms with van der Waals surface area (Å²) in [4.78, 5) is 25.7. The van der Waals surface area contributed by atoms with Gasteiger partial charge >= 0.3 is 5.82 Å². The van der Waals surface area contributed by atoms with Gasteiger partial charge in [0.25, 0.3) is 5.91 Å². The second-order valence-corrected chi connectivity index (χ2v) is 4.78. The molecule has 0 unspecified atom stereocenters. The highest BCUT2D eigenvalue weighted by Gasteiger charge is 2.17. The van der Waals surface area contributed by atoms with Crippen molar-refractivity contribution in [1.29, 1.82) is 0 Å². The molecule has 0 saturated heterocycles. The van der Waals surface area contributed by atoms with Gasteiger partial charge in [0.15, 0.2) is 18.1 Å². The number of amides is 1. The molecular formula is C15H13N3O6. The predicted molar refractivity (Wildman–Crippen MR) is 82.4 cm³/mol. The average Bonchev–Trinajstić information content (AvgIpc) is 2.60. The molecule has 1 amide bonds. The van der Waals surface area contributed by atoms with Crippen LogP contribution in [0, 0.1) is 10.1 Å². The van der Waals surface area contributed by atoms with Crippen LogP contribution in [0.1, 0.15) is 0 Å². The number of hydrogen-bond acceptors (Lipinski definition) is 7. The topological polar surface area (TPSA) is 113 Å². The Bertz CT molecular complexity index is 780. The molecule has 0 saturated carbocycles. The lowest BCUT2D eigenvalue weighted by Crippen LogP contribution is -2.21. The standard InChI is InChI=1S/C15H13N3O6/c19-14(9-24-12-2-1-5-16-15(12)18(20)21)17-10-3-4-11-13(8-10)23-7-6-22-11/h1-5,8H,6-7,9H2,(H,17,19). The zero-order valence-corrected chi connectivity index (χ0v) is 12.4. The fraction of sp³-hybridized carbons (Fsp3) is 0.200. The summed E-state index contributed by atoms with van der Waals surface area (Å²) in [7, 11) is 0. The lowest BCUT2D eigenvalue weighted by atomic mass is 10.2. The first-order valence-electron chi connectivity index (χ1n) is 7.05. The van der Waals surface area contributed by atoms with Crippen LogP contribution in [-0.2, 0) is 4.79 Å². The Hall–Kier alpha value is -3.36. The van der Waals surface area contributed by atoms with E-state index >= 15 is 0 Å². The number of aromatic nitrogens is 1. The van der Waals surface area contributed by atoms with Gasteiger partial charge in [-0.2, -0.15) is 0 Å². The lowest BCUT2D eigenvalue weighted by Gasteiger charge is -2.19. The van der Waals surface area contributed by atoms with Crippen molar-refractivity contribution < 1.29 is 23.9 Å². The maximum absolute atomic E-state index is 11.9. The summed E-state index contributed by atoms with van der Waals surface area (Å²) < 4.78 is 16.0. The molecule has 1 N–H and O–H groups in total. The minimum atomic E-state index is -0.673. The summed E-state index contributed by atoms with van der Waals surface area (Å²) in [6.45, 7) is 0.537. The highest BCUT2D eigenvalue weighted by atomic mass is 16.6. The fourth-order valence-electron chi connectivity index (χ4n) is 2.09. The summed E-state index contributed by atoms with van der Waals surface area (Å²) in [5.41, 5.74) is 0.508. The number of nitrogens with zero attached hydrogens (tertiary/aromatic N) is 2. The van der Waals surface area contributed by atoms with E-state index in [0.717, 1.165) is 0 Å². The first-order chi connectivity index (χ1) is 11.6. The molecule has 2 heterocycles. The van der Waals surface area contributed by atoms with Gasteiger partial charge in [-0.1, -0.05) is 0 Å². The summed E-state index contributed by atoms with van der Waals surface area (Å²) in [6.07, 6.45) is 1.28. The number of anilines is 1. The van der Waals surface area contributed by atoms with Crippen molar-refractivity contribution in [3.05, 3.63) is 46.6 Å². The van der Waals surface area contributed by atoms with Crippen molar-refractivity contribution in [2.45, 2.75) is 0 Å². The molecule has 1 aliphatic rings. The number of rotatable bonds is 5. The van der Waals surface area contributed by atoms with Crippen molar-refractivity contribution in [3.8, 4) is 17.2 Å². The highest BCUT2D eigenvalue weighted by molar-refractivity contribution is 5.92. The number of carbonyl (C=O) groups excluding carboxylic acids is 1. The van der Waals surface area contributed by atoms with Crippen molar-refractivity contribution >= 4 is 17.4 Å². The third-order valence-corrected chi connectivity index (χ3v) is 3.11. The van der Waals surface area contributed by atoms with Crippen molar-refractivity contribution in [2.24, 2.45) is 0 Å². The van der Waals surface area contributed by atoms with Gasteiger partial charge in [0, 0.05) is 11.8 Å². The Labute approximate surface area is 136 Å². The van der Waals surface area contributed by atoms with Crippen LogP contribution in [0.15, 0.2) is 36.5 Å². The molecular weight excluding hydrogens is 318 g/mol. The molecule has 9 heteroatoms. The number of nitro groups is 1. The van der Waals surface area contributed by atoms with Gasteiger partial charge in [0.1, 0.15) is 19.4 Å². The van der Waals surface area contributed by atoms with Gasteiger partial charge in [0.05, 0.1) is 0 Å². The van der Waals surface area contributed by atoms with Crippen LogP contribution in [0.5, 0.6) is 17.2 Å². The highest BCUT2D eigenvalue weighted by Crippen LogP contribution is 2.32. The monoisotopic (exact) mass is 331 g/mol. The zero-order chi connectivity index (χ0) is 16.9. The molecule has 0 spiro atoms. The molecule has 0 atom stereocenters. The predicted octanol–water partition coefficient (Wildman–Crippen LogP) is 1.78. The second-order valence-electron chi connectivity index (χ2n) is 4.78. The Morgan fingerprint density at radius 2 is 2.08 bits per heavy atom. The minimum Gasteiger partial charge on any atom is -0.486 e. The number of benzene rings is 1. The maximum atomic E-state index is 11.9. The Balaban J connectivity index is 1.61. The molecule has 0 bridgehead atoms. The molecule has 2 aromatic rings. The van der Waals surface area contributed by atoms with Gasteiger partial charge in [-0.15, -0.1) is 0 Å². The van der Waals surface area contributed by atoms with Gasteiger partial charge in [-0.25, -0.2) is 0 Å². The van der Waals surface area contributed by atoms with E-state index in [1.165, 1.54) is 18.3 Å². The van der Waals surface area contributed by atoms with Crippen molar-refractivity contribution in [2.75, 3.05) is 25.1 Å². The van der Waals surface area contributed by atoms with E-state index in [4.69, 9.17) is 14.2 Å². The van der Waals surface area contributed by atoms with Crippen molar-refractivity contribution in [1.82, 2.24) is 4.98 Å². The summed E-state index contributed by atoms with van der Waals surface area (Å²) in [5.74, 6) is 0.179. The minimum absolute atomic E-state index is 0.0696.